The van der Waals surface area contributed by atoms with Crippen molar-refractivity contribution in [1.82, 2.24) is 113 Å². The maximum absolute atomic E-state index is 11.0. The zero-order valence-electron chi connectivity index (χ0n) is 83.2. The number of aliphatic imine (C=N–C) groups is 2. The second kappa shape index (κ2) is 74.0. The molecule has 0 aliphatic rings. The van der Waals surface area contributed by atoms with Crippen LogP contribution in [0.4, 0.5) is 0 Å². The molecule has 698 valence electrons. The lowest BCUT2D eigenvalue weighted by Crippen LogP contribution is -2.38. The third-order valence-corrected chi connectivity index (χ3v) is 14.7. The third-order valence-electron chi connectivity index (χ3n) is 14.7. The van der Waals surface area contributed by atoms with Gasteiger partial charge in [0.05, 0.1) is 17.4 Å². The fraction of sp³-hybridized carbons (Fsp3) is 0.791. The first-order chi connectivity index (χ1) is 54.9. The van der Waals surface area contributed by atoms with Crippen LogP contribution in [0.5, 0.6) is 0 Å². The van der Waals surface area contributed by atoms with Crippen LogP contribution in [0.15, 0.2) is 34.2 Å². The second-order valence-electron chi connectivity index (χ2n) is 35.5. The number of Topliss-reactive ketones (excluding diaryl/α,β-unsaturated/α-hetero) is 1. The van der Waals surface area contributed by atoms with Crippen LogP contribution in [0.3, 0.4) is 0 Å². The molecule has 18 N–H and O–H groups in total. The van der Waals surface area contributed by atoms with Gasteiger partial charge in [0, 0.05) is 131 Å². The van der Waals surface area contributed by atoms with Gasteiger partial charge in [-0.3, -0.25) is 34.5 Å². The molecular weight excluding hydrogens is 1520 g/mol. The number of nitrogens with zero attached hydrogens (tertiary/aromatic N) is 16. The maximum atomic E-state index is 11.0. The predicted molar refractivity (Wildman–Crippen MR) is 495 cm³/mol. The summed E-state index contributed by atoms with van der Waals surface area (Å²) in [5.74, 6) is 13.5. The average molecular weight is 1700 g/mol. The molecule has 1 unspecified atom stereocenters. The molecular formula is C86H178N28O6. The number of aromatic amines is 6. The summed E-state index contributed by atoms with van der Waals surface area (Å²) in [5, 5.41) is 77.4. The van der Waals surface area contributed by atoms with Crippen LogP contribution in [0.2, 0.25) is 0 Å². The summed E-state index contributed by atoms with van der Waals surface area (Å²) < 4.78 is 0. The number of hydrogen-bond acceptors (Lipinski definition) is 23. The zero-order valence-corrected chi connectivity index (χ0v) is 83.2. The highest BCUT2D eigenvalue weighted by Crippen LogP contribution is 2.17. The number of H-pyrrole nitrogens is 6. The van der Waals surface area contributed by atoms with E-state index in [1.54, 1.807) is 27.7 Å². The van der Waals surface area contributed by atoms with Gasteiger partial charge in [0.15, 0.2) is 23.3 Å². The number of amidine groups is 2. The minimum Gasteiger partial charge on any atom is -0.512 e. The molecule has 6 heterocycles. The van der Waals surface area contributed by atoms with Gasteiger partial charge in [-0.05, 0) is 91.1 Å². The van der Waals surface area contributed by atoms with E-state index in [9.17, 15) is 24.3 Å². The Hall–Kier alpha value is -8.82. The van der Waals surface area contributed by atoms with Gasteiger partial charge in [-0.25, -0.2) is 9.97 Å². The standard InChI is InChI=1S/2C9H16N2.2C8H16O.2C7H16N2.C7H17NO.C7H15NO.4C4H8N4.2C4H9NO/c2*1-6(2)8-5-10-9(11-8)7(3)4;2*1-6(2)5-8(9)7(3)4;2*1-5(2)7(8)9-6(3)4;2*1-5(2)7(9)8-6(3)4;4*1-3(2)4-5-7-8-6-4;2*1-3(2)4(5)6/h2*5-7H,1-4H3,(H,10,11);6-7H,5H2,1-4H3;5-7,9H,1-4H3;2*5-6H,1-4H3,(H2,8,9);5-9H,1-4H3;5-6H,1-4H3,(H,8,9);4*3H,1-2H3,(H,5,6,7,8);2*3H,1-2H3,(H2,5,6)/b;;;8-5-;;;;;;;;;;. The Labute approximate surface area is 725 Å². The number of amides is 3. The van der Waals surface area contributed by atoms with E-state index in [2.05, 4.69) is 206 Å². The van der Waals surface area contributed by atoms with Crippen LogP contribution in [0.1, 0.15) is 405 Å². The molecule has 0 bridgehead atoms. The van der Waals surface area contributed by atoms with E-state index in [-0.39, 0.29) is 59.6 Å². The van der Waals surface area contributed by atoms with Crippen LogP contribution in [0.25, 0.3) is 0 Å². The SMILES string of the molecule is CC(C)/C=C(\O)C(C)C.CC(C)C(N)=O.CC(C)C(N)=O.CC(C)CC(=O)C(C)C.CC(C)N=C(N)C(C)C.CC(C)N=C(N)C(C)C.CC(C)NC(=O)C(C)C.CC(C)NC(O)C(C)C.CC(C)c1cnc(C(C)C)[nH]1.CC(C)c1cnc(C(C)C)[nH]1.CC(C)c1nn[nH]n1.CC(C)c1nn[nH]n1.CC(C)c1nn[nH]n1.CC(C)c1nn[nH]n1. The number of aromatic nitrogens is 20. The largest absolute Gasteiger partial charge is 0.512 e. The smallest absolute Gasteiger partial charge is 0.222 e. The number of hydrogen-bond donors (Lipinski definition) is 14. The Morgan fingerprint density at radius 1 is 0.392 bits per heavy atom. The molecule has 0 aromatic carbocycles. The molecule has 6 aromatic rings. The quantitative estimate of drug-likeness (QED) is 0.0116. The fourth-order valence-electron chi connectivity index (χ4n) is 6.58. The topological polar surface area (TPSA) is 537 Å². The number of aliphatic hydroxyl groups excluding tert-OH is 2. The summed E-state index contributed by atoms with van der Waals surface area (Å²) in [5.41, 5.74) is 23.2. The first kappa shape index (κ1) is 127. The Morgan fingerprint density at radius 2 is 0.675 bits per heavy atom. The molecule has 0 fully saturated rings. The molecule has 6 rings (SSSR count). The highest BCUT2D eigenvalue weighted by atomic mass is 16.3. The van der Waals surface area contributed by atoms with E-state index in [1.807, 2.05) is 212 Å². The van der Waals surface area contributed by atoms with E-state index in [4.69, 9.17) is 28.0 Å². The lowest BCUT2D eigenvalue weighted by molar-refractivity contribution is -0.124. The second-order valence-corrected chi connectivity index (χ2v) is 35.5. The van der Waals surface area contributed by atoms with Gasteiger partial charge in [0.2, 0.25) is 17.7 Å². The van der Waals surface area contributed by atoms with Gasteiger partial charge in [0.25, 0.3) is 0 Å². The van der Waals surface area contributed by atoms with Gasteiger partial charge >= 0.3 is 0 Å². The fourth-order valence-corrected chi connectivity index (χ4v) is 6.58. The average Bonchev–Trinajstić information content (AvgIpc) is 1.67. The Balaban J connectivity index is -0.000000188. The Morgan fingerprint density at radius 3 is 0.758 bits per heavy atom. The maximum Gasteiger partial charge on any atom is 0.222 e. The zero-order chi connectivity index (χ0) is 95.7. The van der Waals surface area contributed by atoms with E-state index < -0.39 is 0 Å². The van der Waals surface area contributed by atoms with Crippen molar-refractivity contribution in [1.29, 1.82) is 0 Å². The number of tetrazole rings is 4. The highest BCUT2D eigenvalue weighted by Gasteiger charge is 2.13. The number of carbonyl (C=O) groups is 4. The van der Waals surface area contributed by atoms with Crippen LogP contribution in [-0.2, 0) is 19.2 Å². The first-order valence-electron chi connectivity index (χ1n) is 42.9. The summed E-state index contributed by atoms with van der Waals surface area (Å²) in [6, 6.07) is 1.28. The molecule has 6 aromatic heterocycles. The number of imidazole rings is 2. The van der Waals surface area contributed by atoms with Crippen LogP contribution < -0.4 is 33.6 Å². The molecule has 3 amide bonds. The minimum absolute atomic E-state index is 0.00926. The Bertz CT molecular complexity index is 3030. The molecule has 34 heteroatoms. The van der Waals surface area contributed by atoms with Crippen molar-refractivity contribution in [3.63, 3.8) is 0 Å². The van der Waals surface area contributed by atoms with Gasteiger partial charge in [0.1, 0.15) is 23.7 Å². The molecule has 0 spiro atoms. The molecule has 0 aliphatic heterocycles. The summed E-state index contributed by atoms with van der Waals surface area (Å²) in [6.07, 6.45) is 6.12. The lowest BCUT2D eigenvalue weighted by atomic mass is 9.99. The molecule has 120 heavy (non-hydrogen) atoms. The molecule has 0 saturated carbocycles. The van der Waals surface area contributed by atoms with E-state index in [0.717, 1.165) is 53.0 Å². The minimum atomic E-state index is -0.356. The first-order valence-corrected chi connectivity index (χ1v) is 42.9. The molecule has 34 nitrogen and oxygen atoms in total. The number of carbonyl (C=O) groups excluding carboxylic acids is 4. The van der Waals surface area contributed by atoms with Gasteiger partial charge in [-0.1, -0.05) is 270 Å². The Kier molecular flexibility index (Phi) is 78.2. The summed E-state index contributed by atoms with van der Waals surface area (Å²) in [4.78, 5) is 65.1. The van der Waals surface area contributed by atoms with Crippen LogP contribution in [0, 0.1) is 59.2 Å². The van der Waals surface area contributed by atoms with E-state index in [1.165, 1.54) is 11.4 Å². The molecule has 0 saturated heterocycles. The number of nitrogens with one attached hydrogen (secondary N) is 8. The van der Waals surface area contributed by atoms with E-state index in [0.29, 0.717) is 107 Å². The van der Waals surface area contributed by atoms with Crippen molar-refractivity contribution in [2.24, 2.45) is 92.1 Å². The number of primary amides is 2. The van der Waals surface area contributed by atoms with Crippen molar-refractivity contribution >= 4 is 35.2 Å². The normalized spacial score (nSPS) is 11.5. The van der Waals surface area contributed by atoms with Gasteiger partial charge in [-0.2, -0.15) is 20.9 Å². The van der Waals surface area contributed by atoms with Crippen molar-refractivity contribution in [3.8, 4) is 0 Å². The van der Waals surface area contributed by atoms with Gasteiger partial charge < -0.3 is 48.4 Å². The molecule has 0 radical (unpaired) electrons. The number of nitrogens with two attached hydrogens (primary N) is 4. The van der Waals surface area contributed by atoms with Gasteiger partial charge in [-0.15, -0.1) is 40.8 Å². The summed E-state index contributed by atoms with van der Waals surface area (Å²) in [6.45, 7) is 88.5. The van der Waals surface area contributed by atoms with Crippen LogP contribution >= 0.6 is 0 Å². The third kappa shape index (κ3) is 81.5. The number of allylic oxidation sites excluding steroid dienone is 2. The molecule has 1 atom stereocenters. The van der Waals surface area contributed by atoms with Crippen molar-refractivity contribution in [2.75, 3.05) is 0 Å². The van der Waals surface area contributed by atoms with Crippen molar-refractivity contribution in [2.45, 2.75) is 389 Å². The predicted octanol–water partition coefficient (Wildman–Crippen LogP) is 16.8. The van der Waals surface area contributed by atoms with Crippen molar-refractivity contribution in [3.05, 3.63) is 70.6 Å². The van der Waals surface area contributed by atoms with Crippen LogP contribution in [-0.4, -0.2) is 178 Å². The number of rotatable bonds is 24. The summed E-state index contributed by atoms with van der Waals surface area (Å²) in [7, 11) is 0. The number of aliphatic hydroxyl groups is 2. The molecule has 0 aliphatic carbocycles. The van der Waals surface area contributed by atoms with Crippen molar-refractivity contribution < 1.29 is 29.4 Å². The summed E-state index contributed by atoms with van der Waals surface area (Å²) >= 11 is 0. The lowest BCUT2D eigenvalue weighted by Gasteiger charge is -2.18. The highest BCUT2D eigenvalue weighted by molar-refractivity contribution is 5.83. The monoisotopic (exact) mass is 1700 g/mol. The number of ketones is 1. The van der Waals surface area contributed by atoms with E-state index >= 15 is 0 Å².